The SMILES string of the molecule is Cc1ccc(-c2c(CSc3ccc(C(N)=O)cc3)c(C)nc(CC(C)C)c2CNC(=O)OC(C)(C)C)cc1. The highest BCUT2D eigenvalue weighted by atomic mass is 32.2. The van der Waals surface area contributed by atoms with E-state index in [1.54, 1.807) is 23.9 Å². The number of primary amides is 1. The average molecular weight is 534 g/mol. The molecule has 0 spiro atoms. The van der Waals surface area contributed by atoms with E-state index >= 15 is 0 Å². The number of hydrogen-bond acceptors (Lipinski definition) is 5. The van der Waals surface area contributed by atoms with Gasteiger partial charge in [-0.25, -0.2) is 4.79 Å². The molecule has 38 heavy (non-hydrogen) atoms. The van der Waals surface area contributed by atoms with E-state index in [-0.39, 0.29) is 0 Å². The number of thioether (sulfide) groups is 1. The van der Waals surface area contributed by atoms with Crippen molar-refractivity contribution < 1.29 is 14.3 Å². The Morgan fingerprint density at radius 1 is 1.00 bits per heavy atom. The number of hydrogen-bond donors (Lipinski definition) is 2. The lowest BCUT2D eigenvalue weighted by molar-refractivity contribution is 0.0523. The van der Waals surface area contributed by atoms with Crippen LogP contribution in [0.5, 0.6) is 0 Å². The number of carbonyl (C=O) groups excluding carboxylic acids is 2. The summed E-state index contributed by atoms with van der Waals surface area (Å²) in [6.45, 7) is 14.4. The van der Waals surface area contributed by atoms with Crippen molar-refractivity contribution >= 4 is 23.8 Å². The van der Waals surface area contributed by atoms with Gasteiger partial charge in [-0.2, -0.15) is 0 Å². The first-order valence-corrected chi connectivity index (χ1v) is 13.9. The number of alkyl carbamates (subject to hydrolysis) is 1. The molecule has 0 bridgehead atoms. The van der Waals surface area contributed by atoms with Gasteiger partial charge in [0.05, 0.1) is 0 Å². The van der Waals surface area contributed by atoms with E-state index in [0.29, 0.717) is 23.8 Å². The molecule has 7 heteroatoms. The standard InChI is InChI=1S/C31H39N3O3S/c1-19(2)16-27-25(17-33-30(36)37-31(5,6)7)28(22-10-8-20(3)9-11-22)26(21(4)34-27)18-38-24-14-12-23(13-15-24)29(32)35/h8-15,19H,16-18H2,1-7H3,(H2,32,35)(H,33,36). The minimum atomic E-state index is -0.581. The molecule has 0 unspecified atom stereocenters. The summed E-state index contributed by atoms with van der Waals surface area (Å²) in [5.74, 6) is 0.641. The molecule has 2 aromatic carbocycles. The van der Waals surface area contributed by atoms with Crippen molar-refractivity contribution in [2.45, 2.75) is 77.7 Å². The Hall–Kier alpha value is -3.32. The van der Waals surface area contributed by atoms with Crippen molar-refractivity contribution in [3.8, 4) is 11.1 Å². The van der Waals surface area contributed by atoms with E-state index in [4.69, 9.17) is 15.5 Å². The highest BCUT2D eigenvalue weighted by molar-refractivity contribution is 7.98. The van der Waals surface area contributed by atoms with Gasteiger partial charge in [-0.15, -0.1) is 11.8 Å². The third kappa shape index (κ3) is 8.09. The van der Waals surface area contributed by atoms with Gasteiger partial charge in [0.2, 0.25) is 5.91 Å². The molecule has 0 aliphatic rings. The normalized spacial score (nSPS) is 11.5. The van der Waals surface area contributed by atoms with E-state index in [1.165, 1.54) is 5.56 Å². The van der Waals surface area contributed by atoms with E-state index < -0.39 is 17.6 Å². The van der Waals surface area contributed by atoms with Gasteiger partial charge in [0.1, 0.15) is 5.60 Å². The molecule has 2 amide bonds. The zero-order chi connectivity index (χ0) is 28.0. The second kappa shape index (κ2) is 12.5. The van der Waals surface area contributed by atoms with E-state index in [1.807, 2.05) is 32.9 Å². The summed E-state index contributed by atoms with van der Waals surface area (Å²) in [6, 6.07) is 15.8. The fraction of sp³-hybridized carbons (Fsp3) is 0.387. The molecule has 0 saturated carbocycles. The van der Waals surface area contributed by atoms with Gasteiger partial charge in [-0.05, 0) is 87.9 Å². The lowest BCUT2D eigenvalue weighted by Crippen LogP contribution is -2.32. The Labute approximate surface area is 230 Å². The predicted molar refractivity (Wildman–Crippen MR) is 155 cm³/mol. The van der Waals surface area contributed by atoms with Crippen molar-refractivity contribution in [3.05, 3.63) is 82.2 Å². The maximum absolute atomic E-state index is 12.6. The Morgan fingerprint density at radius 2 is 1.63 bits per heavy atom. The second-order valence-electron chi connectivity index (χ2n) is 11.0. The third-order valence-electron chi connectivity index (χ3n) is 5.96. The Kier molecular flexibility index (Phi) is 9.60. The minimum Gasteiger partial charge on any atom is -0.444 e. The van der Waals surface area contributed by atoms with Gasteiger partial charge in [0, 0.05) is 39.7 Å². The van der Waals surface area contributed by atoms with E-state index in [9.17, 15) is 9.59 Å². The van der Waals surface area contributed by atoms with Crippen molar-refractivity contribution in [2.75, 3.05) is 0 Å². The van der Waals surface area contributed by atoms with E-state index in [2.05, 4.69) is 57.3 Å². The Morgan fingerprint density at radius 3 is 2.18 bits per heavy atom. The third-order valence-corrected chi connectivity index (χ3v) is 7.00. The first kappa shape index (κ1) is 29.2. The number of aryl methyl sites for hydroxylation is 2. The first-order chi connectivity index (χ1) is 17.8. The van der Waals surface area contributed by atoms with Crippen LogP contribution >= 0.6 is 11.8 Å². The van der Waals surface area contributed by atoms with Crippen LogP contribution in [0.2, 0.25) is 0 Å². The molecule has 0 fully saturated rings. The number of benzene rings is 2. The summed E-state index contributed by atoms with van der Waals surface area (Å²) >= 11 is 1.68. The van der Waals surface area contributed by atoms with Gasteiger partial charge >= 0.3 is 6.09 Å². The van der Waals surface area contributed by atoms with Crippen molar-refractivity contribution in [3.63, 3.8) is 0 Å². The van der Waals surface area contributed by atoms with Crippen LogP contribution in [0, 0.1) is 19.8 Å². The number of nitrogens with zero attached hydrogens (tertiary/aromatic N) is 1. The lowest BCUT2D eigenvalue weighted by atomic mass is 9.90. The molecule has 1 heterocycles. The molecule has 3 N–H and O–H groups in total. The highest BCUT2D eigenvalue weighted by Gasteiger charge is 2.22. The monoisotopic (exact) mass is 533 g/mol. The van der Waals surface area contributed by atoms with Crippen LogP contribution in [-0.4, -0.2) is 22.6 Å². The largest absolute Gasteiger partial charge is 0.444 e. The minimum absolute atomic E-state index is 0.318. The molecule has 0 aliphatic carbocycles. The smallest absolute Gasteiger partial charge is 0.407 e. The molecule has 202 valence electrons. The summed E-state index contributed by atoms with van der Waals surface area (Å²) in [7, 11) is 0. The highest BCUT2D eigenvalue weighted by Crippen LogP contribution is 2.36. The number of aromatic nitrogens is 1. The van der Waals surface area contributed by atoms with Gasteiger partial charge in [0.15, 0.2) is 0 Å². The molecule has 0 atom stereocenters. The Bertz CT molecular complexity index is 1280. The van der Waals surface area contributed by atoms with Crippen LogP contribution < -0.4 is 11.1 Å². The number of carbonyl (C=O) groups is 2. The first-order valence-electron chi connectivity index (χ1n) is 12.9. The zero-order valence-corrected chi connectivity index (χ0v) is 24.3. The molecular weight excluding hydrogens is 494 g/mol. The Balaban J connectivity index is 2.08. The van der Waals surface area contributed by atoms with Crippen LogP contribution in [0.4, 0.5) is 4.79 Å². The van der Waals surface area contributed by atoms with Crippen LogP contribution in [-0.2, 0) is 23.5 Å². The number of ether oxygens (including phenoxy) is 1. The van der Waals surface area contributed by atoms with Crippen molar-refractivity contribution in [1.82, 2.24) is 10.3 Å². The lowest BCUT2D eigenvalue weighted by Gasteiger charge is -2.23. The van der Waals surface area contributed by atoms with Gasteiger partial charge < -0.3 is 15.8 Å². The molecule has 3 rings (SSSR count). The van der Waals surface area contributed by atoms with Crippen LogP contribution in [0.25, 0.3) is 11.1 Å². The maximum atomic E-state index is 12.6. The number of pyridine rings is 1. The van der Waals surface area contributed by atoms with Crippen molar-refractivity contribution in [1.29, 1.82) is 0 Å². The fourth-order valence-corrected chi connectivity index (χ4v) is 5.17. The molecule has 6 nitrogen and oxygen atoms in total. The topological polar surface area (TPSA) is 94.3 Å². The summed E-state index contributed by atoms with van der Waals surface area (Å²) in [5.41, 5.74) is 12.8. The van der Waals surface area contributed by atoms with Crippen LogP contribution in [0.15, 0.2) is 53.4 Å². The number of nitrogens with two attached hydrogens (primary N) is 1. The molecule has 3 aromatic rings. The molecule has 0 aliphatic heterocycles. The van der Waals surface area contributed by atoms with E-state index in [0.717, 1.165) is 45.0 Å². The van der Waals surface area contributed by atoms with Crippen LogP contribution in [0.3, 0.4) is 0 Å². The molecule has 1 aromatic heterocycles. The molecule has 0 radical (unpaired) electrons. The predicted octanol–water partition coefficient (Wildman–Crippen LogP) is 6.98. The van der Waals surface area contributed by atoms with Gasteiger partial charge in [-0.1, -0.05) is 43.7 Å². The summed E-state index contributed by atoms with van der Waals surface area (Å²) < 4.78 is 5.52. The molecular formula is C31H39N3O3S. The summed E-state index contributed by atoms with van der Waals surface area (Å²) in [4.78, 5) is 30.2. The number of amides is 2. The van der Waals surface area contributed by atoms with Crippen LogP contribution in [0.1, 0.15) is 73.1 Å². The maximum Gasteiger partial charge on any atom is 0.407 e. The quantitative estimate of drug-likeness (QED) is 0.289. The molecule has 0 saturated heterocycles. The van der Waals surface area contributed by atoms with Gasteiger partial charge in [-0.3, -0.25) is 9.78 Å². The summed E-state index contributed by atoms with van der Waals surface area (Å²) in [5, 5.41) is 2.98. The number of nitrogens with one attached hydrogen (secondary N) is 1. The van der Waals surface area contributed by atoms with Gasteiger partial charge in [0.25, 0.3) is 0 Å². The van der Waals surface area contributed by atoms with Crippen molar-refractivity contribution in [2.24, 2.45) is 11.7 Å². The number of rotatable bonds is 9. The zero-order valence-electron chi connectivity index (χ0n) is 23.5. The fourth-order valence-electron chi connectivity index (χ4n) is 4.18. The average Bonchev–Trinajstić information content (AvgIpc) is 2.82. The summed E-state index contributed by atoms with van der Waals surface area (Å²) in [6.07, 6.45) is 0.349. The second-order valence-corrected chi connectivity index (χ2v) is 12.0.